The average Bonchev–Trinajstić information content (AvgIpc) is 2.41. The summed E-state index contributed by atoms with van der Waals surface area (Å²) in [5, 5.41) is 10.1. The topological polar surface area (TPSA) is 29.5 Å². The smallest absolute Gasteiger partial charge is 0.168 e. The van der Waals surface area contributed by atoms with Crippen molar-refractivity contribution in [1.29, 1.82) is 0 Å². The van der Waals surface area contributed by atoms with Crippen molar-refractivity contribution >= 4 is 0 Å². The molecule has 0 bridgehead atoms. The van der Waals surface area contributed by atoms with Crippen LogP contribution in [-0.2, 0) is 12.8 Å². The van der Waals surface area contributed by atoms with Crippen molar-refractivity contribution in [2.45, 2.75) is 25.9 Å². The third-order valence-electron chi connectivity index (χ3n) is 3.27. The van der Waals surface area contributed by atoms with Gasteiger partial charge in [0.15, 0.2) is 11.6 Å². The van der Waals surface area contributed by atoms with E-state index >= 15 is 0 Å². The molecule has 2 nitrogen and oxygen atoms in total. The molecule has 0 aliphatic carbocycles. The molecule has 0 spiro atoms. The molecule has 2 aromatic carbocycles. The van der Waals surface area contributed by atoms with Gasteiger partial charge in [0.25, 0.3) is 0 Å². The number of aliphatic hydroxyl groups excluding tert-OH is 1. The maximum Gasteiger partial charge on any atom is 0.168 e. The average molecular weight is 274 g/mol. The second-order valence-corrected chi connectivity index (χ2v) is 4.98. The summed E-state index contributed by atoms with van der Waals surface area (Å²) in [6, 6.07) is 13.0. The Kier molecular flexibility index (Phi) is 4.74. The van der Waals surface area contributed by atoms with E-state index in [2.05, 4.69) is 0 Å². The largest absolute Gasteiger partial charge is 0.494 e. The van der Waals surface area contributed by atoms with Gasteiger partial charge in [0, 0.05) is 6.42 Å². The lowest BCUT2D eigenvalue weighted by Gasteiger charge is -2.13. The van der Waals surface area contributed by atoms with Gasteiger partial charge in [0.05, 0.1) is 13.2 Å². The van der Waals surface area contributed by atoms with Crippen molar-refractivity contribution in [3.8, 4) is 5.75 Å². The van der Waals surface area contributed by atoms with Crippen LogP contribution < -0.4 is 4.74 Å². The van der Waals surface area contributed by atoms with Crippen LogP contribution >= 0.6 is 0 Å². The zero-order valence-electron chi connectivity index (χ0n) is 11.8. The molecule has 2 aromatic rings. The van der Waals surface area contributed by atoms with Gasteiger partial charge in [-0.25, -0.2) is 4.39 Å². The lowest BCUT2D eigenvalue weighted by atomic mass is 10.00. The molecule has 0 fully saturated rings. The summed E-state index contributed by atoms with van der Waals surface area (Å²) in [6.07, 6.45) is 0.174. The van der Waals surface area contributed by atoms with E-state index in [1.54, 1.807) is 18.2 Å². The Balaban J connectivity index is 2.06. The monoisotopic (exact) mass is 274 g/mol. The van der Waals surface area contributed by atoms with Crippen LogP contribution in [-0.4, -0.2) is 18.3 Å². The normalized spacial score (nSPS) is 12.2. The molecule has 0 heterocycles. The van der Waals surface area contributed by atoms with E-state index < -0.39 is 11.9 Å². The Morgan fingerprint density at radius 1 is 1.15 bits per heavy atom. The van der Waals surface area contributed by atoms with Crippen molar-refractivity contribution in [2.75, 3.05) is 7.11 Å². The fourth-order valence-electron chi connectivity index (χ4n) is 2.31. The zero-order chi connectivity index (χ0) is 14.5. The lowest BCUT2D eigenvalue weighted by molar-refractivity contribution is 0.174. The van der Waals surface area contributed by atoms with Crippen LogP contribution in [0.3, 0.4) is 0 Å². The summed E-state index contributed by atoms with van der Waals surface area (Å²) in [6.45, 7) is 2.01. The van der Waals surface area contributed by atoms with Gasteiger partial charge in [-0.05, 0) is 30.5 Å². The van der Waals surface area contributed by atoms with Gasteiger partial charge in [-0.15, -0.1) is 0 Å². The van der Waals surface area contributed by atoms with Crippen LogP contribution in [0.4, 0.5) is 4.39 Å². The Morgan fingerprint density at radius 2 is 1.90 bits per heavy atom. The van der Waals surface area contributed by atoms with Crippen LogP contribution in [0.25, 0.3) is 0 Å². The van der Waals surface area contributed by atoms with Gasteiger partial charge in [0.1, 0.15) is 0 Å². The minimum atomic E-state index is -0.613. The molecule has 1 N–H and O–H groups in total. The van der Waals surface area contributed by atoms with Gasteiger partial charge in [0.2, 0.25) is 0 Å². The third kappa shape index (κ3) is 3.58. The minimum Gasteiger partial charge on any atom is -0.494 e. The van der Waals surface area contributed by atoms with Crippen molar-refractivity contribution in [3.05, 3.63) is 65.0 Å². The molecule has 0 aromatic heterocycles. The summed E-state index contributed by atoms with van der Waals surface area (Å²) in [4.78, 5) is 0. The first-order valence-corrected chi connectivity index (χ1v) is 6.65. The van der Waals surface area contributed by atoms with Crippen LogP contribution in [0.15, 0.2) is 42.5 Å². The highest BCUT2D eigenvalue weighted by Gasteiger charge is 2.13. The molecule has 106 valence electrons. The van der Waals surface area contributed by atoms with E-state index in [4.69, 9.17) is 4.74 Å². The molecule has 0 aliphatic heterocycles. The van der Waals surface area contributed by atoms with Gasteiger partial charge < -0.3 is 9.84 Å². The molecule has 0 saturated heterocycles. The molecular weight excluding hydrogens is 255 g/mol. The number of ether oxygens (including phenoxy) is 1. The van der Waals surface area contributed by atoms with Crippen molar-refractivity contribution in [1.82, 2.24) is 0 Å². The van der Waals surface area contributed by atoms with Crippen LogP contribution in [0.1, 0.15) is 16.7 Å². The van der Waals surface area contributed by atoms with E-state index in [0.29, 0.717) is 12.0 Å². The molecule has 2 rings (SSSR count). The molecule has 0 amide bonds. The maximum atomic E-state index is 14.0. The van der Waals surface area contributed by atoms with Gasteiger partial charge in [-0.3, -0.25) is 0 Å². The second kappa shape index (κ2) is 6.53. The number of rotatable bonds is 5. The van der Waals surface area contributed by atoms with Gasteiger partial charge in [-0.1, -0.05) is 42.0 Å². The molecule has 20 heavy (non-hydrogen) atoms. The van der Waals surface area contributed by atoms with Gasteiger partial charge >= 0.3 is 0 Å². The first kappa shape index (κ1) is 14.5. The number of benzene rings is 2. The van der Waals surface area contributed by atoms with E-state index in [9.17, 15) is 9.50 Å². The van der Waals surface area contributed by atoms with Crippen LogP contribution in [0.5, 0.6) is 5.75 Å². The summed E-state index contributed by atoms with van der Waals surface area (Å²) in [7, 11) is 1.44. The Morgan fingerprint density at radius 3 is 2.60 bits per heavy atom. The molecular formula is C17H19FO2. The van der Waals surface area contributed by atoms with E-state index in [1.165, 1.54) is 7.11 Å². The van der Waals surface area contributed by atoms with Crippen molar-refractivity contribution in [3.63, 3.8) is 0 Å². The Hall–Kier alpha value is -1.87. The third-order valence-corrected chi connectivity index (χ3v) is 3.27. The zero-order valence-corrected chi connectivity index (χ0v) is 11.8. The first-order valence-electron chi connectivity index (χ1n) is 6.65. The summed E-state index contributed by atoms with van der Waals surface area (Å²) in [5.41, 5.74) is 2.69. The standard InChI is InChI=1S/C17H19FO2/c1-12-5-3-6-13(9-12)10-15(19)11-14-7-4-8-16(20-2)17(14)18/h3-9,15,19H,10-11H2,1-2H3. The Labute approximate surface area is 118 Å². The van der Waals surface area contributed by atoms with E-state index in [1.807, 2.05) is 31.2 Å². The predicted molar refractivity (Wildman–Crippen MR) is 77.5 cm³/mol. The lowest BCUT2D eigenvalue weighted by Crippen LogP contribution is -2.15. The highest BCUT2D eigenvalue weighted by Crippen LogP contribution is 2.21. The fraction of sp³-hybridized carbons (Fsp3) is 0.294. The van der Waals surface area contributed by atoms with Crippen molar-refractivity contribution < 1.29 is 14.2 Å². The molecule has 0 saturated carbocycles. The summed E-state index contributed by atoms with van der Waals surface area (Å²) >= 11 is 0. The van der Waals surface area contributed by atoms with Gasteiger partial charge in [-0.2, -0.15) is 0 Å². The SMILES string of the molecule is COc1cccc(CC(O)Cc2cccc(C)c2)c1F. The molecule has 3 heteroatoms. The summed E-state index contributed by atoms with van der Waals surface area (Å²) < 4.78 is 18.9. The first-order chi connectivity index (χ1) is 9.60. The molecule has 0 aliphatic rings. The summed E-state index contributed by atoms with van der Waals surface area (Å²) in [5.74, 6) is -0.177. The Bertz CT molecular complexity index is 581. The number of hydrogen-bond donors (Lipinski definition) is 1. The number of aryl methyl sites for hydroxylation is 1. The quantitative estimate of drug-likeness (QED) is 0.906. The second-order valence-electron chi connectivity index (χ2n) is 4.98. The molecule has 0 radical (unpaired) electrons. The number of aliphatic hydroxyl groups is 1. The molecule has 1 unspecified atom stereocenters. The number of halogens is 1. The van der Waals surface area contributed by atoms with Crippen LogP contribution in [0, 0.1) is 12.7 Å². The van der Waals surface area contributed by atoms with E-state index in [0.717, 1.165) is 11.1 Å². The van der Waals surface area contributed by atoms with E-state index in [-0.39, 0.29) is 12.2 Å². The predicted octanol–water partition coefficient (Wildman–Crippen LogP) is 3.29. The molecule has 1 atom stereocenters. The number of hydrogen-bond acceptors (Lipinski definition) is 2. The highest BCUT2D eigenvalue weighted by molar-refractivity contribution is 5.31. The van der Waals surface area contributed by atoms with Crippen LogP contribution in [0.2, 0.25) is 0 Å². The van der Waals surface area contributed by atoms with Crippen molar-refractivity contribution in [2.24, 2.45) is 0 Å². The highest BCUT2D eigenvalue weighted by atomic mass is 19.1. The number of methoxy groups -OCH3 is 1. The fourth-order valence-corrected chi connectivity index (χ4v) is 2.31. The minimum absolute atomic E-state index is 0.213. The maximum absolute atomic E-state index is 14.0.